The summed E-state index contributed by atoms with van der Waals surface area (Å²) in [6, 6.07) is 0. The molecule has 0 aromatic rings. The second-order valence-corrected chi connectivity index (χ2v) is 7.44. The first-order valence-electron chi connectivity index (χ1n) is 7.42. The van der Waals surface area contributed by atoms with E-state index in [0.29, 0.717) is 10.8 Å². The molecule has 1 N–H and O–H groups in total. The quantitative estimate of drug-likeness (QED) is 0.796. The van der Waals surface area contributed by atoms with Crippen LogP contribution in [0.25, 0.3) is 0 Å². The molecule has 2 heterocycles. The van der Waals surface area contributed by atoms with Crippen molar-refractivity contribution < 1.29 is 0 Å². The number of nitrogens with zero attached hydrogens (tertiary/aromatic N) is 1. The van der Waals surface area contributed by atoms with E-state index in [2.05, 4.69) is 31.0 Å². The van der Waals surface area contributed by atoms with Gasteiger partial charge in [-0.25, -0.2) is 0 Å². The van der Waals surface area contributed by atoms with Crippen LogP contribution in [0.3, 0.4) is 0 Å². The summed E-state index contributed by atoms with van der Waals surface area (Å²) < 4.78 is 0. The molecule has 2 rings (SSSR count). The third-order valence-electron chi connectivity index (χ3n) is 4.58. The van der Waals surface area contributed by atoms with Gasteiger partial charge in [0.2, 0.25) is 0 Å². The molecule has 0 aromatic heterocycles. The van der Waals surface area contributed by atoms with Crippen LogP contribution in [0.1, 0.15) is 52.9 Å². The molecule has 17 heavy (non-hydrogen) atoms. The molecule has 2 aliphatic rings. The molecule has 0 unspecified atom stereocenters. The van der Waals surface area contributed by atoms with Crippen LogP contribution in [-0.4, -0.2) is 37.6 Å². The molecule has 2 nitrogen and oxygen atoms in total. The van der Waals surface area contributed by atoms with E-state index in [0.717, 1.165) is 0 Å². The molecule has 1 spiro atoms. The minimum atomic E-state index is 0.485. The second kappa shape index (κ2) is 5.27. The summed E-state index contributed by atoms with van der Waals surface area (Å²) in [4.78, 5) is 2.74. The van der Waals surface area contributed by atoms with Gasteiger partial charge in [-0.3, -0.25) is 0 Å². The Morgan fingerprint density at radius 1 is 1.12 bits per heavy atom. The van der Waals surface area contributed by atoms with E-state index in [1.165, 1.54) is 64.8 Å². The van der Waals surface area contributed by atoms with Crippen molar-refractivity contribution in [1.82, 2.24) is 10.2 Å². The largest absolute Gasteiger partial charge is 0.317 e. The zero-order valence-electron chi connectivity index (χ0n) is 12.0. The standard InChI is InChI=1S/C15H30N2/c1-14(2,3)8-12-17-11-4-5-15(13-17)6-9-16-10-7-15/h16H,4-13H2,1-3H3. The van der Waals surface area contributed by atoms with E-state index in [1.54, 1.807) is 0 Å². The molecule has 0 bridgehead atoms. The fourth-order valence-electron chi connectivity index (χ4n) is 3.36. The monoisotopic (exact) mass is 238 g/mol. The predicted octanol–water partition coefficient (Wildman–Crippen LogP) is 2.89. The first-order valence-corrected chi connectivity index (χ1v) is 7.42. The summed E-state index contributed by atoms with van der Waals surface area (Å²) in [5, 5.41) is 3.51. The molecule has 100 valence electrons. The Morgan fingerprint density at radius 2 is 1.82 bits per heavy atom. The first-order chi connectivity index (χ1) is 7.99. The van der Waals surface area contributed by atoms with Gasteiger partial charge in [0, 0.05) is 6.54 Å². The summed E-state index contributed by atoms with van der Waals surface area (Å²) in [6.45, 7) is 13.6. The topological polar surface area (TPSA) is 15.3 Å². The van der Waals surface area contributed by atoms with Gasteiger partial charge >= 0.3 is 0 Å². The molecule has 0 amide bonds. The van der Waals surface area contributed by atoms with Gasteiger partial charge in [0.15, 0.2) is 0 Å². The molecule has 0 aromatic carbocycles. The third kappa shape index (κ3) is 3.96. The van der Waals surface area contributed by atoms with E-state index >= 15 is 0 Å². The van der Waals surface area contributed by atoms with E-state index in [1.807, 2.05) is 0 Å². The number of hydrogen-bond donors (Lipinski definition) is 1. The van der Waals surface area contributed by atoms with Crippen LogP contribution in [0.2, 0.25) is 0 Å². The lowest BCUT2D eigenvalue weighted by atomic mass is 9.73. The highest BCUT2D eigenvalue weighted by Crippen LogP contribution is 2.38. The van der Waals surface area contributed by atoms with E-state index in [-0.39, 0.29) is 0 Å². The second-order valence-electron chi connectivity index (χ2n) is 7.44. The Bertz CT molecular complexity index is 230. The van der Waals surface area contributed by atoms with Crippen molar-refractivity contribution in [2.75, 3.05) is 32.7 Å². The van der Waals surface area contributed by atoms with Crippen LogP contribution >= 0.6 is 0 Å². The number of likely N-dealkylation sites (tertiary alicyclic amines) is 1. The highest BCUT2D eigenvalue weighted by molar-refractivity contribution is 4.90. The van der Waals surface area contributed by atoms with Crippen molar-refractivity contribution in [3.63, 3.8) is 0 Å². The predicted molar refractivity (Wildman–Crippen MR) is 74.3 cm³/mol. The van der Waals surface area contributed by atoms with Crippen LogP contribution in [0.15, 0.2) is 0 Å². The molecule has 0 radical (unpaired) electrons. The van der Waals surface area contributed by atoms with Crippen molar-refractivity contribution in [2.45, 2.75) is 52.9 Å². The lowest BCUT2D eigenvalue weighted by Gasteiger charge is -2.46. The minimum absolute atomic E-state index is 0.485. The Labute approximate surface area is 107 Å². The Kier molecular flexibility index (Phi) is 4.14. The van der Waals surface area contributed by atoms with Gasteiger partial charge < -0.3 is 10.2 Å². The van der Waals surface area contributed by atoms with Gasteiger partial charge in [0.05, 0.1) is 0 Å². The van der Waals surface area contributed by atoms with Crippen molar-refractivity contribution in [3.05, 3.63) is 0 Å². The average Bonchev–Trinajstić information content (AvgIpc) is 2.27. The molecular weight excluding hydrogens is 208 g/mol. The molecule has 2 aliphatic heterocycles. The van der Waals surface area contributed by atoms with Gasteiger partial charge in [-0.1, -0.05) is 20.8 Å². The zero-order chi connectivity index (χ0) is 12.4. The van der Waals surface area contributed by atoms with Gasteiger partial charge in [0.25, 0.3) is 0 Å². The van der Waals surface area contributed by atoms with E-state index in [4.69, 9.17) is 0 Å². The first kappa shape index (κ1) is 13.4. The summed E-state index contributed by atoms with van der Waals surface area (Å²) >= 11 is 0. The molecule has 2 fully saturated rings. The third-order valence-corrected chi connectivity index (χ3v) is 4.58. The molecule has 0 aliphatic carbocycles. The summed E-state index contributed by atoms with van der Waals surface area (Å²) in [6.07, 6.45) is 7.03. The van der Waals surface area contributed by atoms with Crippen molar-refractivity contribution in [3.8, 4) is 0 Å². The molecule has 0 saturated carbocycles. The van der Waals surface area contributed by atoms with Gasteiger partial charge in [-0.2, -0.15) is 0 Å². The average molecular weight is 238 g/mol. The van der Waals surface area contributed by atoms with Crippen LogP contribution in [0.5, 0.6) is 0 Å². The lowest BCUT2D eigenvalue weighted by Crippen LogP contribution is -2.49. The van der Waals surface area contributed by atoms with Crippen LogP contribution in [-0.2, 0) is 0 Å². The van der Waals surface area contributed by atoms with Crippen LogP contribution in [0, 0.1) is 10.8 Å². The number of nitrogens with one attached hydrogen (secondary N) is 1. The fraction of sp³-hybridized carbons (Fsp3) is 1.00. The molecule has 2 saturated heterocycles. The Morgan fingerprint density at radius 3 is 2.47 bits per heavy atom. The minimum Gasteiger partial charge on any atom is -0.317 e. The maximum Gasteiger partial charge on any atom is 0.00389 e. The van der Waals surface area contributed by atoms with E-state index < -0.39 is 0 Å². The zero-order valence-corrected chi connectivity index (χ0v) is 12.0. The SMILES string of the molecule is CC(C)(C)CCN1CCCC2(CCNCC2)C1. The number of rotatable bonds is 2. The van der Waals surface area contributed by atoms with Gasteiger partial charge in [0.1, 0.15) is 0 Å². The van der Waals surface area contributed by atoms with Crippen LogP contribution in [0.4, 0.5) is 0 Å². The Hall–Kier alpha value is -0.0800. The summed E-state index contributed by atoms with van der Waals surface area (Å²) in [5.41, 5.74) is 1.15. The number of hydrogen-bond acceptors (Lipinski definition) is 2. The smallest absolute Gasteiger partial charge is 0.00389 e. The highest BCUT2D eigenvalue weighted by Gasteiger charge is 2.36. The molecule has 2 heteroatoms. The maximum atomic E-state index is 3.51. The van der Waals surface area contributed by atoms with E-state index in [9.17, 15) is 0 Å². The summed E-state index contributed by atoms with van der Waals surface area (Å²) in [7, 11) is 0. The van der Waals surface area contributed by atoms with Crippen molar-refractivity contribution >= 4 is 0 Å². The highest BCUT2D eigenvalue weighted by atomic mass is 15.1. The lowest BCUT2D eigenvalue weighted by molar-refractivity contribution is 0.0535. The Balaban J connectivity index is 1.84. The van der Waals surface area contributed by atoms with Crippen LogP contribution < -0.4 is 5.32 Å². The normalized spacial score (nSPS) is 26.3. The van der Waals surface area contributed by atoms with Gasteiger partial charge in [-0.15, -0.1) is 0 Å². The van der Waals surface area contributed by atoms with Crippen molar-refractivity contribution in [2.24, 2.45) is 10.8 Å². The van der Waals surface area contributed by atoms with Gasteiger partial charge in [-0.05, 0) is 69.1 Å². The number of piperidine rings is 2. The van der Waals surface area contributed by atoms with Crippen molar-refractivity contribution in [1.29, 1.82) is 0 Å². The molecule has 0 atom stereocenters. The molecular formula is C15H30N2. The maximum absolute atomic E-state index is 3.51. The summed E-state index contributed by atoms with van der Waals surface area (Å²) in [5.74, 6) is 0. The fourth-order valence-corrected chi connectivity index (χ4v) is 3.36.